The van der Waals surface area contributed by atoms with E-state index in [1.807, 2.05) is 0 Å². The van der Waals surface area contributed by atoms with E-state index >= 15 is 0 Å². The second kappa shape index (κ2) is 13.6. The average Bonchev–Trinajstić information content (AvgIpc) is 3.78. The van der Waals surface area contributed by atoms with E-state index in [1.54, 1.807) is 0 Å². The third-order valence-corrected chi connectivity index (χ3v) is 14.6. The number of fused-ring (bicyclic) bond motifs is 14. The third kappa shape index (κ3) is 5.08. The first-order chi connectivity index (χ1) is 28.8. The zero-order chi connectivity index (χ0) is 38.2. The molecule has 2 saturated carbocycles. The number of anilines is 3. The maximum Gasteiger partial charge on any atom is 0.0737 e. The van der Waals surface area contributed by atoms with Crippen molar-refractivity contribution in [3.8, 4) is 22.3 Å². The van der Waals surface area contributed by atoms with Crippen LogP contribution in [0.1, 0.15) is 109 Å². The minimum absolute atomic E-state index is 0.427. The SMILES string of the molecule is c1ccc2c(c1)-c1ccccc1C21c2c(ccc3ccccc23)-c2ccc3cc(N(c4ccc(C5CCCCC5)cc4)c4ccc(C5CCCCC5)cc4)ccc3c21. The summed E-state index contributed by atoms with van der Waals surface area (Å²) >= 11 is 0. The molecule has 282 valence electrons. The van der Waals surface area contributed by atoms with Crippen LogP contribution in [0.15, 0.2) is 164 Å². The Balaban J connectivity index is 1.05. The number of benzene rings is 8. The summed E-state index contributed by atoms with van der Waals surface area (Å²) in [6.07, 6.45) is 13.4. The lowest BCUT2D eigenvalue weighted by Crippen LogP contribution is -2.26. The van der Waals surface area contributed by atoms with Crippen LogP contribution < -0.4 is 4.90 Å². The summed E-state index contributed by atoms with van der Waals surface area (Å²) in [6, 6.07) is 63.5. The standard InChI is InChI=1S/C57H49N/c1-3-13-38(14-4-1)40-23-29-44(30-24-40)58(45-31-25-41(26-32-45)39-15-5-2-6-16-39)46-33-36-48-43(37-46)28-35-52-51-34-27-42-17-7-8-18-47(42)55(51)57(56(48)52)53-21-11-9-19-49(53)50-20-10-12-22-54(50)57/h7-12,17-39H,1-6,13-16H2. The lowest BCUT2D eigenvalue weighted by Gasteiger charge is -2.32. The van der Waals surface area contributed by atoms with Gasteiger partial charge in [0.05, 0.1) is 5.41 Å². The summed E-state index contributed by atoms with van der Waals surface area (Å²) in [5.74, 6) is 1.38. The van der Waals surface area contributed by atoms with Gasteiger partial charge in [-0.05, 0) is 151 Å². The highest BCUT2D eigenvalue weighted by atomic mass is 15.1. The smallest absolute Gasteiger partial charge is 0.0737 e. The molecule has 0 bridgehead atoms. The lowest BCUT2D eigenvalue weighted by atomic mass is 9.68. The molecule has 8 aromatic rings. The Labute approximate surface area is 343 Å². The van der Waals surface area contributed by atoms with Crippen LogP contribution in [0.4, 0.5) is 17.1 Å². The molecule has 0 amide bonds. The summed E-state index contributed by atoms with van der Waals surface area (Å²) < 4.78 is 0. The summed E-state index contributed by atoms with van der Waals surface area (Å²) in [5, 5.41) is 5.24. The second-order valence-electron chi connectivity index (χ2n) is 17.6. The molecule has 1 nitrogen and oxygen atoms in total. The molecule has 0 aromatic heterocycles. The Morgan fingerprint density at radius 2 is 0.828 bits per heavy atom. The first-order valence-corrected chi connectivity index (χ1v) is 22.1. The fourth-order valence-corrected chi connectivity index (χ4v) is 12.0. The molecule has 0 aliphatic heterocycles. The minimum Gasteiger partial charge on any atom is -0.310 e. The molecule has 58 heavy (non-hydrogen) atoms. The van der Waals surface area contributed by atoms with E-state index < -0.39 is 5.41 Å². The summed E-state index contributed by atoms with van der Waals surface area (Å²) in [6.45, 7) is 0. The highest BCUT2D eigenvalue weighted by Crippen LogP contribution is 2.65. The van der Waals surface area contributed by atoms with Crippen molar-refractivity contribution in [2.45, 2.75) is 81.5 Å². The van der Waals surface area contributed by atoms with Crippen molar-refractivity contribution >= 4 is 38.6 Å². The molecule has 0 heterocycles. The van der Waals surface area contributed by atoms with E-state index in [9.17, 15) is 0 Å². The summed E-state index contributed by atoms with van der Waals surface area (Å²) in [5.41, 5.74) is 17.2. The van der Waals surface area contributed by atoms with Gasteiger partial charge in [-0.3, -0.25) is 0 Å². The van der Waals surface area contributed by atoms with Crippen LogP contribution in [0, 0.1) is 0 Å². The van der Waals surface area contributed by atoms with Crippen molar-refractivity contribution < 1.29 is 0 Å². The summed E-state index contributed by atoms with van der Waals surface area (Å²) in [7, 11) is 0. The van der Waals surface area contributed by atoms with Crippen LogP contribution in [-0.2, 0) is 5.41 Å². The molecule has 1 heteroatoms. The predicted octanol–water partition coefficient (Wildman–Crippen LogP) is 15.9. The van der Waals surface area contributed by atoms with E-state index in [0.717, 1.165) is 0 Å². The van der Waals surface area contributed by atoms with Crippen molar-refractivity contribution in [3.63, 3.8) is 0 Å². The molecule has 0 N–H and O–H groups in total. The van der Waals surface area contributed by atoms with Gasteiger partial charge in [0.1, 0.15) is 0 Å². The first-order valence-electron chi connectivity index (χ1n) is 22.1. The minimum atomic E-state index is -0.427. The molecule has 8 aromatic carbocycles. The quantitative estimate of drug-likeness (QED) is 0.169. The molecule has 0 radical (unpaired) electrons. The van der Waals surface area contributed by atoms with Gasteiger partial charge in [-0.25, -0.2) is 0 Å². The molecule has 0 unspecified atom stereocenters. The van der Waals surface area contributed by atoms with Crippen LogP contribution in [0.25, 0.3) is 43.8 Å². The van der Waals surface area contributed by atoms with Crippen molar-refractivity contribution in [2.24, 2.45) is 0 Å². The van der Waals surface area contributed by atoms with Crippen LogP contribution in [0.5, 0.6) is 0 Å². The number of nitrogens with zero attached hydrogens (tertiary/aromatic N) is 1. The molecule has 4 aliphatic carbocycles. The number of rotatable bonds is 5. The van der Waals surface area contributed by atoms with E-state index in [1.165, 1.54) is 158 Å². The van der Waals surface area contributed by atoms with E-state index in [2.05, 4.69) is 169 Å². The van der Waals surface area contributed by atoms with Gasteiger partial charge in [0.15, 0.2) is 0 Å². The van der Waals surface area contributed by atoms with Gasteiger partial charge in [-0.1, -0.05) is 166 Å². The normalized spacial score (nSPS) is 17.0. The molecule has 1 spiro atoms. The fraction of sp³-hybridized carbons (Fsp3) is 0.228. The highest BCUT2D eigenvalue weighted by Gasteiger charge is 2.53. The molecule has 12 rings (SSSR count). The second-order valence-corrected chi connectivity index (χ2v) is 17.6. The van der Waals surface area contributed by atoms with Crippen LogP contribution in [0.3, 0.4) is 0 Å². The predicted molar refractivity (Wildman–Crippen MR) is 244 cm³/mol. The average molecular weight is 748 g/mol. The Hall–Kier alpha value is -5.92. The largest absolute Gasteiger partial charge is 0.310 e. The zero-order valence-electron chi connectivity index (χ0n) is 33.3. The first kappa shape index (κ1) is 34.1. The van der Waals surface area contributed by atoms with Crippen molar-refractivity contribution in [2.75, 3.05) is 4.90 Å². The van der Waals surface area contributed by atoms with Gasteiger partial charge in [0.2, 0.25) is 0 Å². The third-order valence-electron chi connectivity index (χ3n) is 14.6. The van der Waals surface area contributed by atoms with E-state index in [4.69, 9.17) is 0 Å². The van der Waals surface area contributed by atoms with Crippen molar-refractivity contribution in [1.29, 1.82) is 0 Å². The zero-order valence-corrected chi connectivity index (χ0v) is 33.3. The molecule has 2 fully saturated rings. The fourth-order valence-electron chi connectivity index (χ4n) is 12.0. The van der Waals surface area contributed by atoms with Crippen LogP contribution >= 0.6 is 0 Å². The van der Waals surface area contributed by atoms with Gasteiger partial charge < -0.3 is 4.90 Å². The summed E-state index contributed by atoms with van der Waals surface area (Å²) in [4.78, 5) is 2.50. The topological polar surface area (TPSA) is 3.24 Å². The Morgan fingerprint density at radius 3 is 1.40 bits per heavy atom. The Bertz CT molecular complexity index is 2740. The van der Waals surface area contributed by atoms with E-state index in [-0.39, 0.29) is 0 Å². The Kier molecular flexibility index (Phi) is 8.00. The van der Waals surface area contributed by atoms with Gasteiger partial charge in [-0.2, -0.15) is 0 Å². The van der Waals surface area contributed by atoms with Gasteiger partial charge in [0, 0.05) is 17.1 Å². The maximum atomic E-state index is 2.50. The molecule has 0 atom stereocenters. The maximum absolute atomic E-state index is 2.50. The van der Waals surface area contributed by atoms with Crippen LogP contribution in [0.2, 0.25) is 0 Å². The van der Waals surface area contributed by atoms with Crippen molar-refractivity contribution in [1.82, 2.24) is 0 Å². The molecule has 0 saturated heterocycles. The monoisotopic (exact) mass is 747 g/mol. The van der Waals surface area contributed by atoms with E-state index in [0.29, 0.717) is 11.8 Å². The van der Waals surface area contributed by atoms with Gasteiger partial charge in [-0.15, -0.1) is 0 Å². The molecular weight excluding hydrogens is 699 g/mol. The lowest BCUT2D eigenvalue weighted by molar-refractivity contribution is 0.443. The molecular formula is C57H49N. The van der Waals surface area contributed by atoms with Gasteiger partial charge >= 0.3 is 0 Å². The van der Waals surface area contributed by atoms with Crippen LogP contribution in [-0.4, -0.2) is 0 Å². The highest BCUT2D eigenvalue weighted by molar-refractivity contribution is 6.09. The van der Waals surface area contributed by atoms with Crippen molar-refractivity contribution in [3.05, 3.63) is 197 Å². The molecule has 4 aliphatic rings. The Morgan fingerprint density at radius 1 is 0.362 bits per heavy atom. The number of hydrogen-bond donors (Lipinski definition) is 0. The van der Waals surface area contributed by atoms with Gasteiger partial charge in [0.25, 0.3) is 0 Å². The number of hydrogen-bond acceptors (Lipinski definition) is 1.